The van der Waals surface area contributed by atoms with Gasteiger partial charge in [0.15, 0.2) is 29.2 Å². The number of amides is 3. The molecule has 2 N–H and O–H groups in total. The van der Waals surface area contributed by atoms with E-state index < -0.39 is 18.4 Å². The molecule has 310 valence electrons. The fourth-order valence-electron chi connectivity index (χ4n) is 7.85. The van der Waals surface area contributed by atoms with Crippen molar-refractivity contribution in [3.63, 3.8) is 0 Å². The first-order valence-electron chi connectivity index (χ1n) is 19.7. The van der Waals surface area contributed by atoms with Crippen molar-refractivity contribution in [2.75, 3.05) is 63.9 Å². The highest BCUT2D eigenvalue weighted by atomic mass is 32.2. The second-order valence-electron chi connectivity index (χ2n) is 15.1. The summed E-state index contributed by atoms with van der Waals surface area (Å²) >= 11 is 6.47. The number of fused-ring (bicyclic) bond motifs is 4. The number of carbonyl (C=O) groups excluding carboxylic acids is 3. The van der Waals surface area contributed by atoms with Crippen molar-refractivity contribution in [3.8, 4) is 23.0 Å². The SMILES string of the molecule is C=C1C[C@H]2CNc3cc(OCCCCCOc4cc5c(cc4OC)C(=O)N4CC(=C)C[C@H]4[C@H](O)N5C(=O)OC[C@@H](C)SC(S)(CC)CC)c(OC)cc3C(=O)N2C1. The van der Waals surface area contributed by atoms with Gasteiger partial charge in [0.25, 0.3) is 11.8 Å². The van der Waals surface area contributed by atoms with E-state index in [1.165, 1.54) is 7.11 Å². The molecule has 2 saturated heterocycles. The Morgan fingerprint density at radius 2 is 1.51 bits per heavy atom. The number of anilines is 2. The maximum atomic E-state index is 13.9. The van der Waals surface area contributed by atoms with Gasteiger partial charge in [0.1, 0.15) is 6.61 Å². The fraction of sp³-hybridized carbons (Fsp3) is 0.548. The number of nitrogens with one attached hydrogen (secondary N) is 1. The van der Waals surface area contributed by atoms with E-state index in [0.717, 1.165) is 53.8 Å². The summed E-state index contributed by atoms with van der Waals surface area (Å²) in [5.41, 5.74) is 3.50. The van der Waals surface area contributed by atoms with E-state index >= 15 is 0 Å². The molecule has 0 spiro atoms. The van der Waals surface area contributed by atoms with E-state index in [1.807, 2.05) is 17.9 Å². The number of ether oxygens (including phenoxy) is 5. The van der Waals surface area contributed by atoms with Gasteiger partial charge in [-0.05, 0) is 64.0 Å². The molecule has 4 aliphatic rings. The molecule has 0 aliphatic carbocycles. The van der Waals surface area contributed by atoms with Gasteiger partial charge in [-0.2, -0.15) is 12.6 Å². The Kier molecular flexibility index (Phi) is 13.5. The summed E-state index contributed by atoms with van der Waals surface area (Å²) in [6, 6.07) is 6.10. The number of rotatable bonds is 16. The zero-order chi connectivity index (χ0) is 41.0. The lowest BCUT2D eigenvalue weighted by Crippen LogP contribution is -2.51. The molecule has 2 aromatic carbocycles. The summed E-state index contributed by atoms with van der Waals surface area (Å²) in [5, 5.41) is 15.1. The number of thiol groups is 1. The van der Waals surface area contributed by atoms with Crippen molar-refractivity contribution in [1.82, 2.24) is 9.80 Å². The number of carbonyl (C=O) groups is 3. The number of aliphatic hydroxyl groups excluding tert-OH is 1. The van der Waals surface area contributed by atoms with E-state index in [9.17, 15) is 19.5 Å². The first-order chi connectivity index (χ1) is 27.3. The van der Waals surface area contributed by atoms with Crippen LogP contribution in [0.25, 0.3) is 0 Å². The van der Waals surface area contributed by atoms with Gasteiger partial charge < -0.3 is 43.9 Å². The summed E-state index contributed by atoms with van der Waals surface area (Å²) in [6.45, 7) is 16.6. The van der Waals surface area contributed by atoms with Crippen molar-refractivity contribution >= 4 is 53.7 Å². The van der Waals surface area contributed by atoms with Crippen LogP contribution in [0.3, 0.4) is 0 Å². The fourth-order valence-corrected chi connectivity index (χ4v) is 9.61. The molecular formula is C42H56N4O9S2. The van der Waals surface area contributed by atoms with Gasteiger partial charge in [0.05, 0.1) is 66.1 Å². The van der Waals surface area contributed by atoms with Gasteiger partial charge in [-0.15, -0.1) is 11.8 Å². The van der Waals surface area contributed by atoms with E-state index in [2.05, 4.69) is 32.3 Å². The molecule has 0 radical (unpaired) electrons. The monoisotopic (exact) mass is 824 g/mol. The minimum atomic E-state index is -1.38. The quantitative estimate of drug-likeness (QED) is 0.0689. The predicted octanol–water partition coefficient (Wildman–Crippen LogP) is 7.14. The Morgan fingerprint density at radius 1 is 0.912 bits per heavy atom. The van der Waals surface area contributed by atoms with Gasteiger partial charge in [-0.3, -0.25) is 9.59 Å². The lowest BCUT2D eigenvalue weighted by atomic mass is 10.1. The molecule has 2 fully saturated rings. The Bertz CT molecular complexity index is 1870. The zero-order valence-corrected chi connectivity index (χ0v) is 35.3. The van der Waals surface area contributed by atoms with Gasteiger partial charge in [0.2, 0.25) is 0 Å². The minimum absolute atomic E-state index is 0.0413. The highest BCUT2D eigenvalue weighted by molar-refractivity contribution is 8.11. The summed E-state index contributed by atoms with van der Waals surface area (Å²) in [4.78, 5) is 45.7. The van der Waals surface area contributed by atoms with Gasteiger partial charge in [-0.25, -0.2) is 9.69 Å². The molecule has 4 atom stereocenters. The van der Waals surface area contributed by atoms with Crippen LogP contribution in [-0.2, 0) is 4.74 Å². The molecule has 13 nitrogen and oxygen atoms in total. The van der Waals surface area contributed by atoms with E-state index in [1.54, 1.807) is 42.0 Å². The van der Waals surface area contributed by atoms with Crippen LogP contribution in [0.5, 0.6) is 23.0 Å². The molecule has 15 heteroatoms. The standard InChI is InChI=1S/C42H56N4O9S2/c1-8-42(56,9-2)57-27(5)24-55-41(50)46-32-20-37(35(52-7)18-30(32)39(48)45-23-26(4)16-33(45)40(46)49)54-14-12-10-11-13-53-36-19-31-29(17-34(36)51-6)38(47)44-22-25(3)15-28(44)21-43-31/h17-20,27-28,33,40,43,49,56H,3-4,8-16,21-24H2,1-2,5-7H3/t27-,28+,33+,40+/m1/s1. The van der Waals surface area contributed by atoms with E-state index in [0.29, 0.717) is 67.7 Å². The molecular weight excluding hydrogens is 769 g/mol. The van der Waals surface area contributed by atoms with Crippen molar-refractivity contribution in [3.05, 3.63) is 59.7 Å². The average Bonchev–Trinajstić information content (AvgIpc) is 3.74. The van der Waals surface area contributed by atoms with Crippen LogP contribution in [0.1, 0.15) is 86.4 Å². The normalized spacial score (nSPS) is 20.8. The number of unbranched alkanes of at least 4 members (excludes halogenated alkanes) is 2. The highest BCUT2D eigenvalue weighted by Crippen LogP contribution is 2.43. The largest absolute Gasteiger partial charge is 0.493 e. The smallest absolute Gasteiger partial charge is 0.416 e. The van der Waals surface area contributed by atoms with Crippen molar-refractivity contribution < 1.29 is 43.2 Å². The summed E-state index contributed by atoms with van der Waals surface area (Å²) in [5.74, 6) is 1.32. The van der Waals surface area contributed by atoms with Crippen LogP contribution in [0.4, 0.5) is 16.2 Å². The first kappa shape index (κ1) is 42.4. The molecule has 57 heavy (non-hydrogen) atoms. The second kappa shape index (κ2) is 18.2. The molecule has 4 heterocycles. The molecule has 6 rings (SSSR count). The zero-order valence-electron chi connectivity index (χ0n) is 33.6. The van der Waals surface area contributed by atoms with Crippen LogP contribution in [0.15, 0.2) is 48.6 Å². The number of methoxy groups -OCH3 is 2. The number of hydrogen-bond acceptors (Lipinski definition) is 12. The maximum Gasteiger partial charge on any atom is 0.416 e. The first-order valence-corrected chi connectivity index (χ1v) is 21.1. The second-order valence-corrected chi connectivity index (χ2v) is 18.1. The molecule has 0 saturated carbocycles. The molecule has 2 aromatic rings. The van der Waals surface area contributed by atoms with E-state index in [4.69, 9.17) is 36.3 Å². The van der Waals surface area contributed by atoms with Gasteiger partial charge >= 0.3 is 6.09 Å². The third kappa shape index (κ3) is 9.10. The molecule has 0 aromatic heterocycles. The van der Waals surface area contributed by atoms with Crippen LogP contribution >= 0.6 is 24.4 Å². The lowest BCUT2D eigenvalue weighted by Gasteiger charge is -2.32. The number of thioether (sulfide) groups is 1. The predicted molar refractivity (Wildman–Crippen MR) is 226 cm³/mol. The molecule has 0 bridgehead atoms. The minimum Gasteiger partial charge on any atom is -0.493 e. The highest BCUT2D eigenvalue weighted by Gasteiger charge is 2.46. The van der Waals surface area contributed by atoms with Crippen LogP contribution in [0, 0.1) is 0 Å². The summed E-state index contributed by atoms with van der Waals surface area (Å²) in [7, 11) is 3.05. The average molecular weight is 825 g/mol. The van der Waals surface area contributed by atoms with Gasteiger partial charge in [0, 0.05) is 37.0 Å². The molecule has 4 aliphatic heterocycles. The topological polar surface area (TPSA) is 139 Å². The number of hydrogen-bond donors (Lipinski definition) is 3. The molecule has 0 unspecified atom stereocenters. The van der Waals surface area contributed by atoms with Crippen molar-refractivity contribution in [2.45, 2.75) is 93.4 Å². The van der Waals surface area contributed by atoms with Crippen molar-refractivity contribution in [2.24, 2.45) is 0 Å². The van der Waals surface area contributed by atoms with Crippen LogP contribution < -0.4 is 29.2 Å². The number of benzene rings is 2. The Hall–Kier alpha value is -4.21. The number of nitrogens with zero attached hydrogens (tertiary/aromatic N) is 3. The third-order valence-corrected chi connectivity index (χ3v) is 13.6. The maximum absolute atomic E-state index is 13.9. The summed E-state index contributed by atoms with van der Waals surface area (Å²) < 4.78 is 29.2. The third-order valence-electron chi connectivity index (χ3n) is 11.1. The Morgan fingerprint density at radius 3 is 2.16 bits per heavy atom. The van der Waals surface area contributed by atoms with Crippen LogP contribution in [-0.4, -0.2) is 114 Å². The molecule has 3 amide bonds. The van der Waals surface area contributed by atoms with E-state index in [-0.39, 0.29) is 51.6 Å². The van der Waals surface area contributed by atoms with Gasteiger partial charge in [-0.1, -0.05) is 38.2 Å². The Balaban J connectivity index is 1.09. The lowest BCUT2D eigenvalue weighted by molar-refractivity contribution is 0.0491. The summed E-state index contributed by atoms with van der Waals surface area (Å²) in [6.07, 6.45) is 2.85. The Labute approximate surface area is 345 Å². The number of aliphatic hydroxyl groups is 1. The van der Waals surface area contributed by atoms with Crippen molar-refractivity contribution in [1.29, 1.82) is 0 Å². The van der Waals surface area contributed by atoms with Crippen LogP contribution in [0.2, 0.25) is 0 Å².